The van der Waals surface area contributed by atoms with E-state index in [1.807, 2.05) is 29.2 Å². The van der Waals surface area contributed by atoms with E-state index in [0.29, 0.717) is 25.5 Å². The number of nitrogen functional groups attached to an aromatic ring is 1. The van der Waals surface area contributed by atoms with Gasteiger partial charge in [0.15, 0.2) is 0 Å². The first-order valence-corrected chi connectivity index (χ1v) is 10.1. The van der Waals surface area contributed by atoms with Crippen molar-refractivity contribution in [2.45, 2.75) is 12.5 Å². The number of halogens is 1. The van der Waals surface area contributed by atoms with Crippen molar-refractivity contribution in [3.63, 3.8) is 0 Å². The highest BCUT2D eigenvalue weighted by atomic mass is 79.9. The zero-order chi connectivity index (χ0) is 18.7. The van der Waals surface area contributed by atoms with E-state index >= 15 is 0 Å². The Bertz CT molecular complexity index is 804. The summed E-state index contributed by atoms with van der Waals surface area (Å²) in [5, 5.41) is 16.5. The second-order valence-electron chi connectivity index (χ2n) is 6.27. The van der Waals surface area contributed by atoms with Crippen LogP contribution in [0, 0.1) is 11.8 Å². The Balaban J connectivity index is 1.83. The highest BCUT2D eigenvalue weighted by Crippen LogP contribution is 2.36. The average Bonchev–Trinajstić information content (AvgIpc) is 3.06. The van der Waals surface area contributed by atoms with Gasteiger partial charge in [-0.15, -0.1) is 5.10 Å². The number of hydrogen-bond acceptors (Lipinski definition) is 7. The second kappa shape index (κ2) is 8.33. The highest BCUT2D eigenvalue weighted by molar-refractivity contribution is 9.10. The lowest BCUT2D eigenvalue weighted by Crippen LogP contribution is -2.46. The Morgan fingerprint density at radius 2 is 2.15 bits per heavy atom. The average molecular weight is 445 g/mol. The number of rotatable bonds is 6. The Morgan fingerprint density at radius 3 is 2.73 bits per heavy atom. The number of thiol groups is 1. The van der Waals surface area contributed by atoms with Crippen molar-refractivity contribution in [1.29, 1.82) is 0 Å². The van der Waals surface area contributed by atoms with E-state index in [-0.39, 0.29) is 24.4 Å². The molecule has 0 radical (unpaired) electrons. The first-order valence-electron chi connectivity index (χ1n) is 8.17. The summed E-state index contributed by atoms with van der Waals surface area (Å²) in [6.45, 7) is 1.12. The molecular weight excluding hydrogens is 424 g/mol. The Morgan fingerprint density at radius 1 is 1.42 bits per heavy atom. The second-order valence-corrected chi connectivity index (χ2v) is 7.96. The van der Waals surface area contributed by atoms with E-state index in [1.54, 1.807) is 0 Å². The number of nitrogens with two attached hydrogens (primary N) is 1. The number of nitrogens with zero attached hydrogens (tertiary/aromatic N) is 3. The van der Waals surface area contributed by atoms with Crippen LogP contribution in [0.3, 0.4) is 0 Å². The van der Waals surface area contributed by atoms with Gasteiger partial charge in [-0.25, -0.2) is 18.2 Å². The van der Waals surface area contributed by atoms with Gasteiger partial charge >= 0.3 is 0 Å². The molecule has 3 atom stereocenters. The lowest BCUT2D eigenvalue weighted by atomic mass is 9.78. The van der Waals surface area contributed by atoms with E-state index in [4.69, 9.17) is 5.73 Å². The predicted molar refractivity (Wildman–Crippen MR) is 102 cm³/mol. The third-order valence-corrected chi connectivity index (χ3v) is 5.74. The van der Waals surface area contributed by atoms with Gasteiger partial charge in [0, 0.05) is 36.1 Å². The Labute approximate surface area is 161 Å². The molecule has 1 aromatic carbocycles. The molecule has 0 amide bonds. The first kappa shape index (κ1) is 19.1. The zero-order valence-corrected chi connectivity index (χ0v) is 16.4. The zero-order valence-electron chi connectivity index (χ0n) is 13.9. The summed E-state index contributed by atoms with van der Waals surface area (Å²) in [5.74, 6) is 0.541. The SMILES string of the molecule is Nc1n[nH]c(N2CCC(C(N[SH](=O)=O)c3ccc(Br)cc3)C(CO)C2)n1. The molecule has 0 bridgehead atoms. The molecule has 1 fully saturated rings. The molecule has 0 spiro atoms. The number of piperidine rings is 1. The summed E-state index contributed by atoms with van der Waals surface area (Å²) in [5.41, 5.74) is 6.43. The smallest absolute Gasteiger partial charge is 0.241 e. The molecule has 1 aliphatic heterocycles. The number of hydrogen-bond donors (Lipinski definition) is 5. The largest absolute Gasteiger partial charge is 0.396 e. The van der Waals surface area contributed by atoms with Gasteiger partial charge in [-0.2, -0.15) is 4.98 Å². The van der Waals surface area contributed by atoms with Crippen LogP contribution >= 0.6 is 15.9 Å². The van der Waals surface area contributed by atoms with Gasteiger partial charge in [0.05, 0.1) is 0 Å². The van der Waals surface area contributed by atoms with Crippen LogP contribution in [0.1, 0.15) is 18.0 Å². The number of anilines is 2. The van der Waals surface area contributed by atoms with Crippen LogP contribution in [0.2, 0.25) is 0 Å². The van der Waals surface area contributed by atoms with Gasteiger partial charge in [0.2, 0.25) is 22.8 Å². The third-order valence-electron chi connectivity index (χ3n) is 4.72. The molecular formula is C15H21BrN6O3S. The lowest BCUT2D eigenvalue weighted by molar-refractivity contribution is 0.135. The molecule has 11 heteroatoms. The fraction of sp³-hybridized carbons (Fsp3) is 0.467. The number of aromatic amines is 1. The molecule has 142 valence electrons. The maximum atomic E-state index is 11.4. The standard InChI is InChI=1S/C15H21BrN6O3S/c16-11-3-1-9(2-4-11)13(21-26(24)25)12-5-6-22(7-10(12)8-23)15-18-14(17)19-20-15/h1-4,10,12-13,23,26H,5-8H2,(H,21,24,25)(H3,17,18,19,20). The molecule has 3 unspecified atom stereocenters. The van der Waals surface area contributed by atoms with E-state index in [2.05, 4.69) is 35.8 Å². The van der Waals surface area contributed by atoms with E-state index < -0.39 is 16.9 Å². The highest BCUT2D eigenvalue weighted by Gasteiger charge is 2.36. The topological polar surface area (TPSA) is 137 Å². The number of benzene rings is 1. The van der Waals surface area contributed by atoms with Crippen LogP contribution in [0.15, 0.2) is 28.7 Å². The van der Waals surface area contributed by atoms with Crippen LogP contribution < -0.4 is 15.4 Å². The number of aromatic nitrogens is 3. The van der Waals surface area contributed by atoms with Crippen LogP contribution in [0.5, 0.6) is 0 Å². The number of H-pyrrole nitrogens is 1. The molecule has 1 aliphatic rings. The van der Waals surface area contributed by atoms with E-state index in [9.17, 15) is 13.5 Å². The molecule has 5 N–H and O–H groups in total. The van der Waals surface area contributed by atoms with E-state index in [1.165, 1.54) is 0 Å². The normalized spacial score (nSPS) is 21.9. The minimum Gasteiger partial charge on any atom is -0.396 e. The number of aliphatic hydroxyl groups is 1. The minimum atomic E-state index is -2.77. The maximum absolute atomic E-state index is 11.4. The van der Waals surface area contributed by atoms with Crippen LogP contribution in [-0.4, -0.2) is 48.4 Å². The fourth-order valence-corrected chi connectivity index (χ4v) is 4.32. The van der Waals surface area contributed by atoms with Gasteiger partial charge in [-0.3, -0.25) is 0 Å². The van der Waals surface area contributed by atoms with Crippen molar-refractivity contribution < 1.29 is 13.5 Å². The van der Waals surface area contributed by atoms with Gasteiger partial charge < -0.3 is 15.7 Å². The van der Waals surface area contributed by atoms with Gasteiger partial charge in [-0.1, -0.05) is 28.1 Å². The molecule has 9 nitrogen and oxygen atoms in total. The van der Waals surface area contributed by atoms with Gasteiger partial charge in [-0.05, 0) is 30.0 Å². The van der Waals surface area contributed by atoms with Crippen LogP contribution in [-0.2, 0) is 10.9 Å². The fourth-order valence-electron chi connectivity index (χ4n) is 3.48. The minimum absolute atomic E-state index is 0.0504. The van der Waals surface area contributed by atoms with Gasteiger partial charge in [0.1, 0.15) is 0 Å². The molecule has 1 saturated heterocycles. The molecule has 2 heterocycles. The van der Waals surface area contributed by atoms with Crippen LogP contribution in [0.25, 0.3) is 0 Å². The molecule has 3 rings (SSSR count). The lowest BCUT2D eigenvalue weighted by Gasteiger charge is -2.41. The summed E-state index contributed by atoms with van der Waals surface area (Å²) in [7, 11) is -2.77. The van der Waals surface area contributed by atoms with Crippen molar-refractivity contribution >= 4 is 38.7 Å². The summed E-state index contributed by atoms with van der Waals surface area (Å²) < 4.78 is 26.3. The summed E-state index contributed by atoms with van der Waals surface area (Å²) in [4.78, 5) is 6.10. The third kappa shape index (κ3) is 4.34. The molecule has 26 heavy (non-hydrogen) atoms. The van der Waals surface area contributed by atoms with Crippen molar-refractivity contribution in [3.05, 3.63) is 34.3 Å². The summed E-state index contributed by atoms with van der Waals surface area (Å²) in [6.07, 6.45) is 0.683. The monoisotopic (exact) mass is 444 g/mol. The van der Waals surface area contributed by atoms with E-state index in [0.717, 1.165) is 10.0 Å². The quantitative estimate of drug-likeness (QED) is 0.407. The van der Waals surface area contributed by atoms with Crippen molar-refractivity contribution in [2.24, 2.45) is 11.8 Å². The van der Waals surface area contributed by atoms with Gasteiger partial charge in [0.25, 0.3) is 0 Å². The molecule has 2 aromatic rings. The Kier molecular flexibility index (Phi) is 6.12. The molecule has 0 saturated carbocycles. The number of aliphatic hydroxyl groups excluding tert-OH is 1. The predicted octanol–water partition coefficient (Wildman–Crippen LogP) is 0.441. The van der Waals surface area contributed by atoms with Crippen LogP contribution in [0.4, 0.5) is 11.9 Å². The summed E-state index contributed by atoms with van der Waals surface area (Å²) >= 11 is 3.39. The number of nitrogens with one attached hydrogen (secondary N) is 2. The summed E-state index contributed by atoms with van der Waals surface area (Å²) in [6, 6.07) is 7.13. The maximum Gasteiger partial charge on any atom is 0.241 e. The Hall–Kier alpha value is -1.69. The van der Waals surface area contributed by atoms with Crippen molar-refractivity contribution in [3.8, 4) is 0 Å². The molecule has 0 aliphatic carbocycles. The van der Waals surface area contributed by atoms with Crippen molar-refractivity contribution in [2.75, 3.05) is 30.3 Å². The molecule has 1 aromatic heterocycles. The first-order chi connectivity index (χ1) is 12.5. The van der Waals surface area contributed by atoms with Crippen molar-refractivity contribution in [1.82, 2.24) is 19.9 Å².